The predicted octanol–water partition coefficient (Wildman–Crippen LogP) is 5.78. The SMILES string of the molecule is CC1[C@H](O)CC(=C/C=C2\CCCC3(C)C2CCC3[C@@H](C)CCCC(C)(C)O)C[C@H]1O. The topological polar surface area (TPSA) is 60.7 Å². The molecule has 0 bridgehead atoms. The molecule has 3 unspecified atom stereocenters. The summed E-state index contributed by atoms with van der Waals surface area (Å²) in [5.74, 6) is 2.15. The van der Waals surface area contributed by atoms with Gasteiger partial charge >= 0.3 is 0 Å². The van der Waals surface area contributed by atoms with E-state index in [1.54, 1.807) is 5.57 Å². The van der Waals surface area contributed by atoms with Crippen LogP contribution in [0, 0.1) is 29.1 Å². The van der Waals surface area contributed by atoms with Crippen LogP contribution in [0.4, 0.5) is 0 Å². The summed E-state index contributed by atoms with van der Waals surface area (Å²) in [6, 6.07) is 0. The molecule has 0 saturated heterocycles. The van der Waals surface area contributed by atoms with Gasteiger partial charge in [-0.2, -0.15) is 0 Å². The lowest BCUT2D eigenvalue weighted by molar-refractivity contribution is 0.00406. The van der Waals surface area contributed by atoms with Crippen molar-refractivity contribution < 1.29 is 15.3 Å². The molecular weight excluding hydrogens is 372 g/mol. The first-order valence-electron chi connectivity index (χ1n) is 12.5. The number of aliphatic hydroxyl groups is 3. The van der Waals surface area contributed by atoms with Gasteiger partial charge in [0, 0.05) is 5.92 Å². The van der Waals surface area contributed by atoms with Crippen LogP contribution in [0.3, 0.4) is 0 Å². The first kappa shape index (κ1) is 24.0. The van der Waals surface area contributed by atoms with Crippen molar-refractivity contribution in [2.75, 3.05) is 0 Å². The fourth-order valence-electron chi connectivity index (χ4n) is 6.88. The van der Waals surface area contributed by atoms with E-state index in [1.807, 2.05) is 20.8 Å². The van der Waals surface area contributed by atoms with Crippen LogP contribution in [-0.2, 0) is 0 Å². The third-order valence-corrected chi connectivity index (χ3v) is 8.86. The molecule has 3 rings (SSSR count). The molecule has 0 aromatic carbocycles. The Morgan fingerprint density at radius 2 is 1.80 bits per heavy atom. The molecule has 0 radical (unpaired) electrons. The van der Waals surface area contributed by atoms with Gasteiger partial charge in [0.25, 0.3) is 0 Å². The van der Waals surface area contributed by atoms with Crippen molar-refractivity contribution in [2.45, 2.75) is 117 Å². The highest BCUT2D eigenvalue weighted by Crippen LogP contribution is 2.60. The maximum atomic E-state index is 10.2. The lowest BCUT2D eigenvalue weighted by Gasteiger charge is -2.44. The zero-order valence-corrected chi connectivity index (χ0v) is 20.0. The van der Waals surface area contributed by atoms with Crippen molar-refractivity contribution in [1.82, 2.24) is 0 Å². The van der Waals surface area contributed by atoms with E-state index in [4.69, 9.17) is 0 Å². The summed E-state index contributed by atoms with van der Waals surface area (Å²) in [4.78, 5) is 0. The van der Waals surface area contributed by atoms with Crippen LogP contribution in [0.15, 0.2) is 23.3 Å². The highest BCUT2D eigenvalue weighted by Gasteiger charge is 2.50. The van der Waals surface area contributed by atoms with Crippen molar-refractivity contribution in [1.29, 1.82) is 0 Å². The predicted molar refractivity (Wildman–Crippen MR) is 124 cm³/mol. The first-order valence-corrected chi connectivity index (χ1v) is 12.5. The quantitative estimate of drug-likeness (QED) is 0.512. The highest BCUT2D eigenvalue weighted by atomic mass is 16.3. The molecule has 3 N–H and O–H groups in total. The molecule has 3 nitrogen and oxygen atoms in total. The molecular formula is C27H46O3. The minimum Gasteiger partial charge on any atom is -0.392 e. The van der Waals surface area contributed by atoms with E-state index in [9.17, 15) is 15.3 Å². The molecule has 0 spiro atoms. The van der Waals surface area contributed by atoms with Crippen molar-refractivity contribution in [2.24, 2.45) is 29.1 Å². The summed E-state index contributed by atoms with van der Waals surface area (Å²) >= 11 is 0. The number of hydrogen-bond acceptors (Lipinski definition) is 3. The van der Waals surface area contributed by atoms with E-state index >= 15 is 0 Å². The van der Waals surface area contributed by atoms with Crippen LogP contribution >= 0.6 is 0 Å². The van der Waals surface area contributed by atoms with Gasteiger partial charge in [0.05, 0.1) is 17.8 Å². The Bertz CT molecular complexity index is 629. The number of fused-ring (bicyclic) bond motifs is 1. The van der Waals surface area contributed by atoms with Crippen molar-refractivity contribution >= 4 is 0 Å². The summed E-state index contributed by atoms with van der Waals surface area (Å²) in [5, 5.41) is 30.5. The molecule has 3 aliphatic carbocycles. The fourth-order valence-corrected chi connectivity index (χ4v) is 6.88. The second kappa shape index (κ2) is 9.46. The maximum absolute atomic E-state index is 10.2. The Hall–Kier alpha value is -0.640. The normalized spacial score (nSPS) is 39.8. The van der Waals surface area contributed by atoms with Gasteiger partial charge in [0.2, 0.25) is 0 Å². The van der Waals surface area contributed by atoms with Gasteiger partial charge in [0.15, 0.2) is 0 Å². The zero-order valence-electron chi connectivity index (χ0n) is 20.0. The third-order valence-electron chi connectivity index (χ3n) is 8.86. The lowest BCUT2D eigenvalue weighted by atomic mass is 9.60. The van der Waals surface area contributed by atoms with E-state index < -0.39 is 17.8 Å². The first-order chi connectivity index (χ1) is 14.0. The van der Waals surface area contributed by atoms with Gasteiger partial charge in [-0.05, 0) is 88.4 Å². The van der Waals surface area contributed by atoms with Crippen LogP contribution in [0.5, 0.6) is 0 Å². The summed E-state index contributed by atoms with van der Waals surface area (Å²) < 4.78 is 0. The largest absolute Gasteiger partial charge is 0.392 e. The Labute approximate surface area is 184 Å². The molecule has 3 heteroatoms. The molecule has 3 aliphatic rings. The molecule has 0 aromatic rings. The lowest BCUT2D eigenvalue weighted by Crippen LogP contribution is -2.36. The number of rotatable bonds is 6. The average Bonchev–Trinajstić information content (AvgIpc) is 3.00. The van der Waals surface area contributed by atoms with Crippen molar-refractivity contribution in [3.63, 3.8) is 0 Å². The molecule has 3 saturated carbocycles. The van der Waals surface area contributed by atoms with Gasteiger partial charge in [0.1, 0.15) is 0 Å². The van der Waals surface area contributed by atoms with Crippen LogP contribution in [0.2, 0.25) is 0 Å². The smallest absolute Gasteiger partial charge is 0.0627 e. The van der Waals surface area contributed by atoms with Gasteiger partial charge < -0.3 is 15.3 Å². The van der Waals surface area contributed by atoms with Crippen molar-refractivity contribution in [3.8, 4) is 0 Å². The van der Waals surface area contributed by atoms with Gasteiger partial charge in [-0.3, -0.25) is 0 Å². The maximum Gasteiger partial charge on any atom is 0.0627 e. The minimum absolute atomic E-state index is 0.0266. The summed E-state index contributed by atoms with van der Waals surface area (Å²) in [6.07, 6.45) is 14.8. The molecule has 172 valence electrons. The molecule has 0 aliphatic heterocycles. The zero-order chi connectivity index (χ0) is 22.1. The Kier molecular flexibility index (Phi) is 7.58. The second-order valence-electron chi connectivity index (χ2n) is 11.7. The Balaban J connectivity index is 1.67. The molecule has 0 heterocycles. The van der Waals surface area contributed by atoms with Gasteiger partial charge in [-0.25, -0.2) is 0 Å². The molecule has 0 aromatic heterocycles. The third kappa shape index (κ3) is 5.40. The fraction of sp³-hybridized carbons (Fsp3) is 0.852. The monoisotopic (exact) mass is 418 g/mol. The Morgan fingerprint density at radius 3 is 2.43 bits per heavy atom. The average molecular weight is 419 g/mol. The second-order valence-corrected chi connectivity index (χ2v) is 11.7. The van der Waals surface area contributed by atoms with Crippen molar-refractivity contribution in [3.05, 3.63) is 23.3 Å². The van der Waals surface area contributed by atoms with Gasteiger partial charge in [-0.1, -0.05) is 56.9 Å². The highest BCUT2D eigenvalue weighted by molar-refractivity contribution is 5.26. The van der Waals surface area contributed by atoms with E-state index in [2.05, 4.69) is 26.0 Å². The minimum atomic E-state index is -0.547. The Morgan fingerprint density at radius 1 is 1.13 bits per heavy atom. The van der Waals surface area contributed by atoms with E-state index in [-0.39, 0.29) is 5.92 Å². The molecule has 30 heavy (non-hydrogen) atoms. The standard InChI is InChI=1S/C27H46O3/c1-18(8-6-14-26(3,4)30)22-12-13-23-21(9-7-15-27(22,23)5)11-10-20-16-24(28)19(2)25(29)17-20/h10-11,18-19,22-25,28-30H,6-9,12-17H2,1-5H3/b20-10?,21-11+/t18-,19?,22?,23?,24+,25+,27?/m0/s1. The molecule has 0 amide bonds. The van der Waals surface area contributed by atoms with E-state index in [0.717, 1.165) is 18.8 Å². The van der Waals surface area contributed by atoms with Crippen LogP contribution in [-0.4, -0.2) is 33.1 Å². The van der Waals surface area contributed by atoms with E-state index in [1.165, 1.54) is 44.1 Å². The molecule has 6 atom stereocenters. The summed E-state index contributed by atoms with van der Waals surface area (Å²) in [6.45, 7) is 10.8. The summed E-state index contributed by atoms with van der Waals surface area (Å²) in [7, 11) is 0. The number of aliphatic hydroxyl groups excluding tert-OH is 2. The van der Waals surface area contributed by atoms with Crippen LogP contribution in [0.1, 0.15) is 98.8 Å². The number of hydrogen-bond donors (Lipinski definition) is 3. The van der Waals surface area contributed by atoms with E-state index in [0.29, 0.717) is 30.1 Å². The van der Waals surface area contributed by atoms with Crippen LogP contribution < -0.4 is 0 Å². The molecule has 3 fully saturated rings. The summed E-state index contributed by atoms with van der Waals surface area (Å²) in [5.41, 5.74) is 2.65. The van der Waals surface area contributed by atoms with Crippen LogP contribution in [0.25, 0.3) is 0 Å². The number of allylic oxidation sites excluding steroid dienone is 3. The van der Waals surface area contributed by atoms with Gasteiger partial charge in [-0.15, -0.1) is 0 Å².